The van der Waals surface area contributed by atoms with Crippen molar-refractivity contribution in [3.63, 3.8) is 0 Å². The molecule has 4 heteroatoms. The van der Waals surface area contributed by atoms with Gasteiger partial charge in [0.2, 0.25) is 0 Å². The minimum atomic E-state index is -0.821. The van der Waals surface area contributed by atoms with Crippen molar-refractivity contribution < 1.29 is 14.3 Å². The number of rotatable bonds is 9. The normalized spacial score (nSPS) is 13.7. The van der Waals surface area contributed by atoms with Gasteiger partial charge in [0.1, 0.15) is 11.4 Å². The van der Waals surface area contributed by atoms with Crippen LogP contribution in [0.15, 0.2) is 18.2 Å². The summed E-state index contributed by atoms with van der Waals surface area (Å²) in [5, 5.41) is 2.95. The number of anilines is 1. The van der Waals surface area contributed by atoms with E-state index in [0.717, 1.165) is 36.4 Å². The third kappa shape index (κ3) is 5.87. The second kappa shape index (κ2) is 8.92. The quantitative estimate of drug-likeness (QED) is 0.678. The Hall–Kier alpha value is -1.55. The zero-order chi connectivity index (χ0) is 17.5. The molecule has 1 rings (SSSR count). The second-order valence-electron chi connectivity index (χ2n) is 6.67. The van der Waals surface area contributed by atoms with E-state index in [9.17, 15) is 4.79 Å². The first-order valence-electron chi connectivity index (χ1n) is 8.42. The molecule has 1 N–H and O–H groups in total. The summed E-state index contributed by atoms with van der Waals surface area (Å²) in [4.78, 5) is 12.5. The molecule has 0 unspecified atom stereocenters. The predicted molar refractivity (Wildman–Crippen MR) is 95.1 cm³/mol. The summed E-state index contributed by atoms with van der Waals surface area (Å²) >= 11 is 0. The Morgan fingerprint density at radius 2 is 2.04 bits per heavy atom. The molecule has 0 aliphatic carbocycles. The number of methoxy groups -OCH3 is 1. The highest BCUT2D eigenvalue weighted by atomic mass is 16.5. The number of hydrogen-bond donors (Lipinski definition) is 1. The van der Waals surface area contributed by atoms with E-state index in [2.05, 4.69) is 26.1 Å². The summed E-state index contributed by atoms with van der Waals surface area (Å²) in [6, 6.07) is 5.72. The molecule has 0 spiro atoms. The molecular formula is C19H31NO3. The third-order valence-corrected chi connectivity index (χ3v) is 3.92. The Balaban J connectivity index is 2.76. The minimum absolute atomic E-state index is 0.118. The van der Waals surface area contributed by atoms with Crippen molar-refractivity contribution in [1.29, 1.82) is 0 Å². The standard InChI is InChI=1S/C19H31NO3/c1-7-8-11-23-17-10-9-16(12-15(17)4)20-18(21)19(5,22-6)13-14(2)3/h9-10,12,14H,7-8,11,13H2,1-6H3,(H,20,21)/t19-/m1/s1. The van der Waals surface area contributed by atoms with Crippen molar-refractivity contribution in [2.45, 2.75) is 59.5 Å². The number of carbonyl (C=O) groups excluding carboxylic acids is 1. The van der Waals surface area contributed by atoms with E-state index in [-0.39, 0.29) is 5.91 Å². The Kier molecular flexibility index (Phi) is 7.56. The molecule has 0 aliphatic rings. The number of ether oxygens (including phenoxy) is 2. The number of unbranched alkanes of at least 4 members (excludes halogenated alkanes) is 1. The molecular weight excluding hydrogens is 290 g/mol. The summed E-state index contributed by atoms with van der Waals surface area (Å²) in [5.41, 5.74) is 0.961. The third-order valence-electron chi connectivity index (χ3n) is 3.92. The molecule has 0 aliphatic heterocycles. The van der Waals surface area contributed by atoms with E-state index in [1.165, 1.54) is 0 Å². The van der Waals surface area contributed by atoms with Crippen LogP contribution in [0, 0.1) is 12.8 Å². The number of aryl methyl sites for hydroxylation is 1. The van der Waals surface area contributed by atoms with E-state index < -0.39 is 5.60 Å². The second-order valence-corrected chi connectivity index (χ2v) is 6.67. The van der Waals surface area contributed by atoms with E-state index >= 15 is 0 Å². The van der Waals surface area contributed by atoms with Gasteiger partial charge < -0.3 is 14.8 Å². The summed E-state index contributed by atoms with van der Waals surface area (Å²) in [7, 11) is 1.58. The first-order chi connectivity index (χ1) is 10.8. The summed E-state index contributed by atoms with van der Waals surface area (Å²) < 4.78 is 11.2. The number of carbonyl (C=O) groups is 1. The zero-order valence-electron chi connectivity index (χ0n) is 15.4. The molecule has 0 bridgehead atoms. The van der Waals surface area contributed by atoms with Gasteiger partial charge in [-0.15, -0.1) is 0 Å². The topological polar surface area (TPSA) is 47.6 Å². The molecule has 130 valence electrons. The van der Waals surface area contributed by atoms with Gasteiger partial charge in [-0.25, -0.2) is 0 Å². The van der Waals surface area contributed by atoms with E-state index in [4.69, 9.17) is 9.47 Å². The first kappa shape index (κ1) is 19.5. The lowest BCUT2D eigenvalue weighted by molar-refractivity contribution is -0.137. The number of nitrogens with one attached hydrogen (secondary N) is 1. The Labute approximate surface area is 140 Å². The molecule has 0 aromatic heterocycles. The summed E-state index contributed by atoms with van der Waals surface area (Å²) in [6.07, 6.45) is 2.82. The van der Waals surface area contributed by atoms with Crippen molar-refractivity contribution in [3.05, 3.63) is 23.8 Å². The van der Waals surface area contributed by atoms with Crippen LogP contribution in [0.3, 0.4) is 0 Å². The van der Waals surface area contributed by atoms with Gasteiger partial charge in [0.05, 0.1) is 6.61 Å². The Morgan fingerprint density at radius 1 is 1.35 bits per heavy atom. The van der Waals surface area contributed by atoms with Crippen molar-refractivity contribution in [1.82, 2.24) is 0 Å². The largest absolute Gasteiger partial charge is 0.493 e. The molecule has 0 radical (unpaired) electrons. The lowest BCUT2D eigenvalue weighted by Gasteiger charge is -2.28. The van der Waals surface area contributed by atoms with Crippen LogP contribution in [0.1, 0.15) is 52.5 Å². The maximum Gasteiger partial charge on any atom is 0.256 e. The average Bonchev–Trinajstić information content (AvgIpc) is 2.48. The van der Waals surface area contributed by atoms with Crippen LogP contribution in [0.25, 0.3) is 0 Å². The molecule has 1 aromatic rings. The molecule has 0 fully saturated rings. The Morgan fingerprint density at radius 3 is 2.57 bits per heavy atom. The van der Waals surface area contributed by atoms with Gasteiger partial charge in [-0.05, 0) is 56.4 Å². The highest BCUT2D eigenvalue weighted by molar-refractivity contribution is 5.97. The van der Waals surface area contributed by atoms with Crippen LogP contribution < -0.4 is 10.1 Å². The van der Waals surface area contributed by atoms with Crippen molar-refractivity contribution in [3.8, 4) is 5.75 Å². The lowest BCUT2D eigenvalue weighted by atomic mass is 9.93. The van der Waals surface area contributed by atoms with E-state index in [0.29, 0.717) is 12.3 Å². The minimum Gasteiger partial charge on any atom is -0.493 e. The molecule has 23 heavy (non-hydrogen) atoms. The van der Waals surface area contributed by atoms with Crippen LogP contribution in [-0.2, 0) is 9.53 Å². The van der Waals surface area contributed by atoms with Crippen molar-refractivity contribution in [2.24, 2.45) is 5.92 Å². The number of benzene rings is 1. The van der Waals surface area contributed by atoms with Gasteiger partial charge in [-0.1, -0.05) is 27.2 Å². The Bertz CT molecular complexity index is 513. The molecule has 0 saturated heterocycles. The van der Waals surface area contributed by atoms with Gasteiger partial charge in [0.25, 0.3) is 5.91 Å². The fraction of sp³-hybridized carbons (Fsp3) is 0.632. The van der Waals surface area contributed by atoms with Crippen LogP contribution in [0.4, 0.5) is 5.69 Å². The monoisotopic (exact) mass is 321 g/mol. The first-order valence-corrected chi connectivity index (χ1v) is 8.42. The van der Waals surface area contributed by atoms with Crippen molar-refractivity contribution in [2.75, 3.05) is 19.0 Å². The lowest BCUT2D eigenvalue weighted by Crippen LogP contribution is -2.43. The van der Waals surface area contributed by atoms with E-state index in [1.807, 2.05) is 32.0 Å². The number of hydrogen-bond acceptors (Lipinski definition) is 3. The van der Waals surface area contributed by atoms with Crippen LogP contribution in [0.2, 0.25) is 0 Å². The number of amides is 1. The van der Waals surface area contributed by atoms with Gasteiger partial charge in [0.15, 0.2) is 0 Å². The molecule has 1 atom stereocenters. The maximum atomic E-state index is 12.5. The average molecular weight is 321 g/mol. The molecule has 1 aromatic carbocycles. The van der Waals surface area contributed by atoms with E-state index in [1.54, 1.807) is 7.11 Å². The molecule has 1 amide bonds. The van der Waals surface area contributed by atoms with Crippen LogP contribution in [0.5, 0.6) is 5.75 Å². The molecule has 0 saturated carbocycles. The summed E-state index contributed by atoms with van der Waals surface area (Å²) in [6.45, 7) is 10.8. The van der Waals surface area contributed by atoms with Gasteiger partial charge in [0, 0.05) is 12.8 Å². The highest BCUT2D eigenvalue weighted by Crippen LogP contribution is 2.25. The van der Waals surface area contributed by atoms with Crippen molar-refractivity contribution >= 4 is 11.6 Å². The summed E-state index contributed by atoms with van der Waals surface area (Å²) in [5.74, 6) is 1.13. The maximum absolute atomic E-state index is 12.5. The fourth-order valence-electron chi connectivity index (χ4n) is 2.53. The van der Waals surface area contributed by atoms with Gasteiger partial charge in [-0.2, -0.15) is 0 Å². The van der Waals surface area contributed by atoms with Gasteiger partial charge >= 0.3 is 0 Å². The highest BCUT2D eigenvalue weighted by Gasteiger charge is 2.33. The molecule has 0 heterocycles. The SMILES string of the molecule is CCCCOc1ccc(NC(=O)[C@@](C)(CC(C)C)OC)cc1C. The fourth-order valence-corrected chi connectivity index (χ4v) is 2.53. The molecule has 4 nitrogen and oxygen atoms in total. The van der Waals surface area contributed by atoms with Crippen LogP contribution in [-0.4, -0.2) is 25.2 Å². The predicted octanol–water partition coefficient (Wildman–Crippen LogP) is 4.56. The smallest absolute Gasteiger partial charge is 0.256 e. The van der Waals surface area contributed by atoms with Gasteiger partial charge in [-0.3, -0.25) is 4.79 Å². The zero-order valence-corrected chi connectivity index (χ0v) is 15.4. The van der Waals surface area contributed by atoms with Crippen LogP contribution >= 0.6 is 0 Å².